The Morgan fingerprint density at radius 1 is 1.56 bits per heavy atom. The van der Waals surface area contributed by atoms with Crippen molar-refractivity contribution in [2.24, 2.45) is 0 Å². The van der Waals surface area contributed by atoms with Crippen LogP contribution in [0.4, 0.5) is 8.78 Å². The van der Waals surface area contributed by atoms with Crippen LogP contribution in [0.5, 0.6) is 5.75 Å². The van der Waals surface area contributed by atoms with Gasteiger partial charge in [0.2, 0.25) is 0 Å². The van der Waals surface area contributed by atoms with Crippen molar-refractivity contribution in [2.75, 3.05) is 0 Å². The number of alkyl halides is 2. The lowest BCUT2D eigenvalue weighted by Gasteiger charge is -2.14. The summed E-state index contributed by atoms with van der Waals surface area (Å²) in [6.45, 7) is 0. The molecule has 0 bridgehead atoms. The van der Waals surface area contributed by atoms with Crippen LogP contribution in [0.15, 0.2) is 18.2 Å². The van der Waals surface area contributed by atoms with Crippen molar-refractivity contribution in [1.29, 1.82) is 5.26 Å². The quantitative estimate of drug-likeness (QED) is 0.889. The van der Waals surface area contributed by atoms with Crippen molar-refractivity contribution in [3.63, 3.8) is 0 Å². The zero-order chi connectivity index (χ0) is 12.3. The van der Waals surface area contributed by atoms with Crippen molar-refractivity contribution >= 4 is 17.6 Å². The van der Waals surface area contributed by atoms with Gasteiger partial charge in [-0.2, -0.15) is 14.0 Å². The van der Waals surface area contributed by atoms with Crippen molar-refractivity contribution in [3.05, 3.63) is 28.8 Å². The van der Waals surface area contributed by atoms with Gasteiger partial charge in [0.15, 0.2) is 0 Å². The summed E-state index contributed by atoms with van der Waals surface area (Å²) in [4.78, 5) is 10.1. The van der Waals surface area contributed by atoms with Gasteiger partial charge >= 0.3 is 12.1 Å². The first-order valence-electron chi connectivity index (χ1n) is 3.86. The summed E-state index contributed by atoms with van der Waals surface area (Å²) in [5, 5.41) is 16.8. The number of aliphatic carboxylic acids is 1. The highest BCUT2D eigenvalue weighted by atomic mass is 35.5. The number of halogens is 3. The van der Waals surface area contributed by atoms with Crippen LogP contribution in [-0.2, 0) is 4.79 Å². The molecule has 1 N–H and O–H groups in total. The van der Waals surface area contributed by atoms with Gasteiger partial charge in [-0.3, -0.25) is 0 Å². The average Bonchev–Trinajstić information content (AvgIpc) is 2.17. The molecule has 1 aromatic carbocycles. The molecule has 0 atom stereocenters. The van der Waals surface area contributed by atoms with E-state index in [1.54, 1.807) is 6.07 Å². The maximum absolute atomic E-state index is 12.7. The van der Waals surface area contributed by atoms with E-state index in [2.05, 4.69) is 4.74 Å². The molecule has 84 valence electrons. The van der Waals surface area contributed by atoms with Crippen LogP contribution in [0.3, 0.4) is 0 Å². The lowest BCUT2D eigenvalue weighted by molar-refractivity contribution is -0.210. The molecule has 0 aliphatic heterocycles. The molecule has 0 aromatic heterocycles. The van der Waals surface area contributed by atoms with E-state index in [9.17, 15) is 13.6 Å². The minimum absolute atomic E-state index is 0.0511. The highest BCUT2D eigenvalue weighted by molar-refractivity contribution is 6.30. The van der Waals surface area contributed by atoms with E-state index >= 15 is 0 Å². The normalized spacial score (nSPS) is 10.6. The number of carboxylic acid groups (broad SMARTS) is 1. The zero-order valence-corrected chi connectivity index (χ0v) is 8.33. The molecule has 1 rings (SSSR count). The Labute approximate surface area is 93.6 Å². The molecular formula is C9H4ClF2NO3. The van der Waals surface area contributed by atoms with Gasteiger partial charge in [0, 0.05) is 11.1 Å². The van der Waals surface area contributed by atoms with Gasteiger partial charge < -0.3 is 9.84 Å². The van der Waals surface area contributed by atoms with Crippen molar-refractivity contribution < 1.29 is 23.4 Å². The Bertz CT molecular complexity index is 470. The number of benzene rings is 1. The summed E-state index contributed by atoms with van der Waals surface area (Å²) in [5.41, 5.74) is -0.231. The second kappa shape index (κ2) is 4.33. The second-order valence-electron chi connectivity index (χ2n) is 2.68. The summed E-state index contributed by atoms with van der Waals surface area (Å²) in [6.07, 6.45) is -4.41. The third-order valence-corrected chi connectivity index (χ3v) is 1.79. The number of carbonyl (C=O) groups is 1. The van der Waals surface area contributed by atoms with Crippen molar-refractivity contribution in [3.8, 4) is 11.8 Å². The Morgan fingerprint density at radius 2 is 2.19 bits per heavy atom. The molecule has 0 saturated heterocycles. The molecule has 0 heterocycles. The van der Waals surface area contributed by atoms with Crippen LogP contribution in [-0.4, -0.2) is 17.2 Å². The third-order valence-electron chi connectivity index (χ3n) is 1.55. The SMILES string of the molecule is N#Cc1ccc(Cl)cc1OC(F)(F)C(=O)O. The number of ether oxygens (including phenoxy) is 1. The van der Waals surface area contributed by atoms with Crippen molar-refractivity contribution in [2.45, 2.75) is 6.11 Å². The van der Waals surface area contributed by atoms with Crippen LogP contribution in [0, 0.1) is 11.3 Å². The van der Waals surface area contributed by atoms with Crippen molar-refractivity contribution in [1.82, 2.24) is 0 Å². The maximum atomic E-state index is 12.7. The third kappa shape index (κ3) is 2.58. The fraction of sp³-hybridized carbons (Fsp3) is 0.111. The molecule has 0 spiro atoms. The molecule has 0 saturated carbocycles. The van der Waals surface area contributed by atoms with Gasteiger partial charge in [-0.15, -0.1) is 0 Å². The van der Waals surface area contributed by atoms with E-state index in [4.69, 9.17) is 22.0 Å². The largest absolute Gasteiger partial charge is 0.501 e. The van der Waals surface area contributed by atoms with Gasteiger partial charge in [-0.1, -0.05) is 11.6 Å². The topological polar surface area (TPSA) is 70.3 Å². The van der Waals surface area contributed by atoms with Gasteiger partial charge in [-0.05, 0) is 12.1 Å². The van der Waals surface area contributed by atoms with E-state index < -0.39 is 17.8 Å². The lowest BCUT2D eigenvalue weighted by Crippen LogP contribution is -2.35. The van der Waals surface area contributed by atoms with Gasteiger partial charge in [0.25, 0.3) is 0 Å². The highest BCUT2D eigenvalue weighted by Gasteiger charge is 2.43. The Balaban J connectivity index is 3.10. The first-order valence-corrected chi connectivity index (χ1v) is 4.24. The van der Waals surface area contributed by atoms with E-state index in [0.717, 1.165) is 12.1 Å². The zero-order valence-electron chi connectivity index (χ0n) is 7.58. The van der Waals surface area contributed by atoms with Crippen LogP contribution in [0.25, 0.3) is 0 Å². The number of hydrogen-bond donors (Lipinski definition) is 1. The fourth-order valence-electron chi connectivity index (χ4n) is 0.855. The van der Waals surface area contributed by atoms with E-state index in [0.29, 0.717) is 0 Å². The molecule has 4 nitrogen and oxygen atoms in total. The van der Waals surface area contributed by atoms with Gasteiger partial charge in [-0.25, -0.2) is 4.79 Å². The standard InChI is InChI=1S/C9H4ClF2NO3/c10-6-2-1-5(4-13)7(3-6)16-9(11,12)8(14)15/h1-3H,(H,14,15). The Morgan fingerprint density at radius 3 is 2.69 bits per heavy atom. The summed E-state index contributed by atoms with van der Waals surface area (Å²) >= 11 is 5.50. The Kier molecular flexibility index (Phi) is 3.30. The first-order chi connectivity index (χ1) is 7.36. The molecule has 16 heavy (non-hydrogen) atoms. The maximum Gasteiger partial charge on any atom is 0.501 e. The van der Waals surface area contributed by atoms with Gasteiger partial charge in [0.1, 0.15) is 11.8 Å². The predicted octanol–water partition coefficient (Wildman–Crippen LogP) is 2.27. The van der Waals surface area contributed by atoms with E-state index in [-0.39, 0.29) is 10.6 Å². The van der Waals surface area contributed by atoms with E-state index in [1.807, 2.05) is 0 Å². The second-order valence-corrected chi connectivity index (χ2v) is 3.11. The minimum atomic E-state index is -4.41. The van der Waals surface area contributed by atoms with E-state index in [1.165, 1.54) is 6.07 Å². The molecule has 0 unspecified atom stereocenters. The van der Waals surface area contributed by atoms with Crippen LogP contribution >= 0.6 is 11.6 Å². The molecule has 0 radical (unpaired) electrons. The predicted molar refractivity (Wildman–Crippen MR) is 49.4 cm³/mol. The molecular weight excluding hydrogens is 244 g/mol. The fourth-order valence-corrected chi connectivity index (χ4v) is 1.02. The summed E-state index contributed by atoms with van der Waals surface area (Å²) in [5.74, 6) is -3.03. The monoisotopic (exact) mass is 247 g/mol. The summed E-state index contributed by atoms with van der Waals surface area (Å²) < 4.78 is 29.3. The van der Waals surface area contributed by atoms with Gasteiger partial charge in [0.05, 0.1) is 5.56 Å². The lowest BCUT2D eigenvalue weighted by atomic mass is 10.2. The summed E-state index contributed by atoms with van der Waals surface area (Å²) in [6, 6.07) is 4.96. The molecule has 0 amide bonds. The highest BCUT2D eigenvalue weighted by Crippen LogP contribution is 2.28. The smallest absolute Gasteiger partial charge is 0.474 e. The molecule has 0 aliphatic carbocycles. The number of rotatable bonds is 3. The first kappa shape index (κ1) is 12.2. The molecule has 1 aromatic rings. The number of nitriles is 1. The molecule has 0 fully saturated rings. The van der Waals surface area contributed by atoms with Crippen LogP contribution in [0.2, 0.25) is 5.02 Å². The Hall–Kier alpha value is -1.87. The number of hydrogen-bond acceptors (Lipinski definition) is 3. The van der Waals surface area contributed by atoms with Crippen LogP contribution < -0.4 is 4.74 Å². The molecule has 7 heteroatoms. The number of nitrogens with zero attached hydrogens (tertiary/aromatic N) is 1. The average molecular weight is 248 g/mol. The summed E-state index contributed by atoms with van der Waals surface area (Å²) in [7, 11) is 0. The minimum Gasteiger partial charge on any atom is -0.474 e. The molecule has 0 aliphatic rings. The van der Waals surface area contributed by atoms with Crippen LogP contribution in [0.1, 0.15) is 5.56 Å². The number of carboxylic acids is 1.